The van der Waals surface area contributed by atoms with E-state index in [0.29, 0.717) is 12.2 Å². The van der Waals surface area contributed by atoms with Crippen LogP contribution in [-0.4, -0.2) is 11.7 Å². The van der Waals surface area contributed by atoms with Crippen molar-refractivity contribution in [2.24, 2.45) is 0 Å². The Morgan fingerprint density at radius 2 is 2.31 bits per heavy atom. The van der Waals surface area contributed by atoms with E-state index in [1.165, 1.54) is 6.61 Å². The van der Waals surface area contributed by atoms with Gasteiger partial charge in [0.05, 0.1) is 0 Å². The molecule has 0 aliphatic heterocycles. The van der Waals surface area contributed by atoms with E-state index in [0.717, 1.165) is 5.56 Å². The molecule has 71 valence electrons. The normalized spacial score (nSPS) is 10.0. The zero-order chi connectivity index (χ0) is 9.52. The number of benzene rings is 1. The lowest BCUT2D eigenvalue weighted by molar-refractivity contribution is -0.176. The summed E-state index contributed by atoms with van der Waals surface area (Å²) in [6.45, 7) is 3.46. The number of hydrogen-bond donors (Lipinski definition) is 1. The molecule has 0 unspecified atom stereocenters. The second-order valence-corrected chi connectivity index (χ2v) is 2.68. The van der Waals surface area contributed by atoms with Crippen molar-refractivity contribution in [3.63, 3.8) is 0 Å². The second kappa shape index (κ2) is 5.56. The topological polar surface area (TPSA) is 38.7 Å². The summed E-state index contributed by atoms with van der Waals surface area (Å²) in [5, 5.41) is 8.44. The largest absolute Gasteiger partial charge is 0.396 e. The van der Waals surface area contributed by atoms with Gasteiger partial charge in [0.25, 0.3) is 0 Å². The summed E-state index contributed by atoms with van der Waals surface area (Å²) in [6, 6.07) is 7.54. The average molecular weight is 181 g/mol. The Hall–Kier alpha value is -1.06. The molecule has 0 amide bonds. The predicted molar refractivity (Wildman–Crippen MR) is 48.9 cm³/mol. The highest BCUT2D eigenvalue weighted by Crippen LogP contribution is 2.12. The van der Waals surface area contributed by atoms with Crippen LogP contribution in [0.4, 0.5) is 0 Å². The molecule has 1 aromatic rings. The van der Waals surface area contributed by atoms with Crippen LogP contribution in [-0.2, 0) is 4.89 Å². The molecule has 0 heterocycles. The molecule has 0 aliphatic carbocycles. The minimum Gasteiger partial charge on any atom is -0.396 e. The van der Waals surface area contributed by atoms with Gasteiger partial charge in [-0.25, -0.2) is 0 Å². The molecule has 0 bridgehead atoms. The average Bonchev–Trinajstić information content (AvgIpc) is 2.13. The molecule has 0 saturated carbocycles. The van der Waals surface area contributed by atoms with Gasteiger partial charge in [-0.3, -0.25) is 0 Å². The lowest BCUT2D eigenvalue weighted by Gasteiger charge is -2.03. The van der Waals surface area contributed by atoms with Crippen molar-refractivity contribution in [2.45, 2.75) is 13.3 Å². The highest BCUT2D eigenvalue weighted by atomic mass is 17.2. The Morgan fingerprint density at radius 1 is 1.46 bits per heavy atom. The molecule has 0 spiro atoms. The van der Waals surface area contributed by atoms with Crippen molar-refractivity contribution in [1.82, 2.24) is 0 Å². The Balaban J connectivity index is 2.28. The molecule has 0 aliphatic rings. The Bertz CT molecular complexity index is 248. The quantitative estimate of drug-likeness (QED) is 0.428. The monoisotopic (exact) mass is 181 g/mol. The lowest BCUT2D eigenvalue weighted by Crippen LogP contribution is -1.96. The molecule has 0 saturated heterocycles. The molecule has 13 heavy (non-hydrogen) atoms. The molecule has 1 aromatic carbocycles. The van der Waals surface area contributed by atoms with E-state index < -0.39 is 0 Å². The highest BCUT2D eigenvalue weighted by Gasteiger charge is 1.94. The van der Waals surface area contributed by atoms with E-state index in [4.69, 9.17) is 14.9 Å². The van der Waals surface area contributed by atoms with Gasteiger partial charge in [0.2, 0.25) is 0 Å². The van der Waals surface area contributed by atoms with Gasteiger partial charge in [-0.2, -0.15) is 4.89 Å². The summed E-state index contributed by atoms with van der Waals surface area (Å²) in [6.07, 6.45) is 0.464. The summed E-state index contributed by atoms with van der Waals surface area (Å²) >= 11 is 0. The molecule has 3 nitrogen and oxygen atoms in total. The molecule has 0 fully saturated rings. The third kappa shape index (κ3) is 3.92. The molecular formula is C10H13O3. The number of aliphatic hydroxyl groups is 1. The summed E-state index contributed by atoms with van der Waals surface area (Å²) in [7, 11) is 0. The first kappa shape index (κ1) is 10.0. The van der Waals surface area contributed by atoms with Gasteiger partial charge in [-0.1, -0.05) is 12.1 Å². The van der Waals surface area contributed by atoms with Crippen LogP contribution in [0, 0.1) is 13.5 Å². The number of hydrogen-bond acceptors (Lipinski definition) is 3. The lowest BCUT2D eigenvalue weighted by atomic mass is 10.2. The predicted octanol–water partition coefficient (Wildman–Crippen LogP) is 1.85. The van der Waals surface area contributed by atoms with Crippen LogP contribution in [0.5, 0.6) is 5.75 Å². The van der Waals surface area contributed by atoms with Crippen LogP contribution < -0.4 is 4.89 Å². The van der Waals surface area contributed by atoms with Crippen molar-refractivity contribution >= 4 is 0 Å². The number of aliphatic hydroxyl groups excluding tert-OH is 1. The van der Waals surface area contributed by atoms with Crippen LogP contribution in [0.2, 0.25) is 0 Å². The van der Waals surface area contributed by atoms with Crippen molar-refractivity contribution in [1.29, 1.82) is 0 Å². The van der Waals surface area contributed by atoms with Crippen LogP contribution in [0.25, 0.3) is 0 Å². The van der Waals surface area contributed by atoms with Crippen LogP contribution in [0.1, 0.15) is 12.0 Å². The third-order valence-corrected chi connectivity index (χ3v) is 1.45. The minimum absolute atomic E-state index is 0.0666. The van der Waals surface area contributed by atoms with Gasteiger partial charge in [0, 0.05) is 13.0 Å². The van der Waals surface area contributed by atoms with Gasteiger partial charge in [-0.15, -0.1) is 0 Å². The fourth-order valence-electron chi connectivity index (χ4n) is 0.858. The fraction of sp³-hybridized carbons (Fsp3) is 0.300. The van der Waals surface area contributed by atoms with Gasteiger partial charge >= 0.3 is 0 Å². The smallest absolute Gasteiger partial charge is 0.165 e. The van der Waals surface area contributed by atoms with E-state index >= 15 is 0 Å². The van der Waals surface area contributed by atoms with E-state index in [9.17, 15) is 0 Å². The van der Waals surface area contributed by atoms with Crippen LogP contribution in [0.3, 0.4) is 0 Å². The maximum Gasteiger partial charge on any atom is 0.165 e. The summed E-state index contributed by atoms with van der Waals surface area (Å²) in [5.74, 6) is 0.661. The van der Waals surface area contributed by atoms with Crippen molar-refractivity contribution < 1.29 is 14.9 Å². The zero-order valence-corrected chi connectivity index (χ0v) is 7.56. The Kier molecular flexibility index (Phi) is 4.29. The molecule has 0 atom stereocenters. The van der Waals surface area contributed by atoms with E-state index in [1.54, 1.807) is 6.07 Å². The minimum atomic E-state index is 0.0666. The molecule has 3 heteroatoms. The summed E-state index contributed by atoms with van der Waals surface area (Å²) in [4.78, 5) is 9.65. The standard InChI is InChI=1S/C10H13O3/c1-9-4-2-5-10(8-9)13-12-7-3-6-11/h2,4-5,7-8,11H,3,6H2,1H3. The van der Waals surface area contributed by atoms with Gasteiger partial charge in [0.1, 0.15) is 6.61 Å². The maximum absolute atomic E-state index is 8.44. The maximum atomic E-state index is 8.44. The zero-order valence-electron chi connectivity index (χ0n) is 7.56. The first-order chi connectivity index (χ1) is 6.33. The van der Waals surface area contributed by atoms with Crippen LogP contribution >= 0.6 is 0 Å². The van der Waals surface area contributed by atoms with Crippen LogP contribution in [0.15, 0.2) is 24.3 Å². The molecule has 0 aromatic heterocycles. The molecule has 1 rings (SSSR count). The van der Waals surface area contributed by atoms with Crippen molar-refractivity contribution in [2.75, 3.05) is 6.61 Å². The van der Waals surface area contributed by atoms with Gasteiger partial charge < -0.3 is 9.99 Å². The van der Waals surface area contributed by atoms with Gasteiger partial charge in [-0.05, 0) is 24.6 Å². The van der Waals surface area contributed by atoms with Crippen molar-refractivity contribution in [3.05, 3.63) is 36.4 Å². The fourth-order valence-corrected chi connectivity index (χ4v) is 0.858. The number of aryl methyl sites for hydroxylation is 1. The SMILES string of the molecule is Cc1cccc(OO[CH]CCO)c1. The molecular weight excluding hydrogens is 168 g/mol. The summed E-state index contributed by atoms with van der Waals surface area (Å²) < 4.78 is 0. The first-order valence-corrected chi connectivity index (χ1v) is 4.15. The van der Waals surface area contributed by atoms with E-state index in [1.807, 2.05) is 25.1 Å². The van der Waals surface area contributed by atoms with Crippen molar-refractivity contribution in [3.8, 4) is 5.75 Å². The van der Waals surface area contributed by atoms with E-state index in [2.05, 4.69) is 0 Å². The first-order valence-electron chi connectivity index (χ1n) is 4.15. The molecule has 1 radical (unpaired) electrons. The molecule has 1 N–H and O–H groups in total. The Morgan fingerprint density at radius 3 is 3.00 bits per heavy atom. The number of rotatable bonds is 5. The third-order valence-electron chi connectivity index (χ3n) is 1.45. The van der Waals surface area contributed by atoms with E-state index in [-0.39, 0.29) is 6.61 Å². The van der Waals surface area contributed by atoms with Gasteiger partial charge in [0.15, 0.2) is 5.75 Å². The summed E-state index contributed by atoms with van der Waals surface area (Å²) in [5.41, 5.74) is 1.11. The highest BCUT2D eigenvalue weighted by molar-refractivity contribution is 5.26. The Labute approximate surface area is 77.8 Å². The second-order valence-electron chi connectivity index (χ2n) is 2.68.